The van der Waals surface area contributed by atoms with Gasteiger partial charge in [-0.1, -0.05) is 114 Å². The van der Waals surface area contributed by atoms with E-state index in [1.165, 1.54) is 33.0 Å². The van der Waals surface area contributed by atoms with Gasteiger partial charge < -0.3 is 10.2 Å². The number of hydrogen-bond donors (Lipinski definition) is 0. The summed E-state index contributed by atoms with van der Waals surface area (Å²) in [5.74, 6) is -0.801. The molecule has 7 heteroatoms. The van der Waals surface area contributed by atoms with E-state index in [9.17, 15) is 10.2 Å². The van der Waals surface area contributed by atoms with Gasteiger partial charge in [0.1, 0.15) is 0 Å². The largest absolute Gasteiger partial charge is 2.00 e. The molecule has 0 heterocycles. The normalized spacial score (nSPS) is 14.2. The van der Waals surface area contributed by atoms with Gasteiger partial charge in [0.15, 0.2) is 0 Å². The summed E-state index contributed by atoms with van der Waals surface area (Å²) in [6.07, 6.45) is 0. The summed E-state index contributed by atoms with van der Waals surface area (Å²) in [7, 11) is 0. The van der Waals surface area contributed by atoms with Gasteiger partial charge in [0, 0.05) is 25.5 Å². The number of para-hydroxylation sites is 2. The number of halogens is 2. The summed E-state index contributed by atoms with van der Waals surface area (Å²) < 4.78 is 1.40. The van der Waals surface area contributed by atoms with Gasteiger partial charge in [0.25, 0.3) is 0 Å². The molecule has 0 bridgehead atoms. The smallest absolute Gasteiger partial charge is 0.873 e. The Morgan fingerprint density at radius 1 is 0.510 bits per heavy atom. The van der Waals surface area contributed by atoms with E-state index in [2.05, 4.69) is 132 Å². The molecule has 49 heavy (non-hydrogen) atoms. The molecule has 0 aliphatic heterocycles. The van der Waals surface area contributed by atoms with Crippen molar-refractivity contribution in [1.29, 1.82) is 0 Å². The monoisotopic (exact) mass is 822 g/mol. The molecular weight excluding hydrogens is 783 g/mol. The summed E-state index contributed by atoms with van der Waals surface area (Å²) in [4.78, 5) is 10.4. The molecule has 256 valence electrons. The SMILES string of the molecule is CC(C)(C)c1c([O-])c([O-])c(C(C)(C)C)c(Br)c1Br.Cc1cccc(C)c1/N=C1\C(=N\c2c(C)cccc2C)c2cccc3cccc1c23.[Ni+2]. The van der Waals surface area contributed by atoms with Gasteiger partial charge in [-0.25, -0.2) is 9.98 Å². The minimum Gasteiger partial charge on any atom is -0.873 e. The Morgan fingerprint density at radius 2 is 0.816 bits per heavy atom. The first-order chi connectivity index (χ1) is 22.4. The zero-order valence-electron chi connectivity index (χ0n) is 29.7. The molecule has 0 amide bonds. The van der Waals surface area contributed by atoms with Crippen molar-refractivity contribution in [3.05, 3.63) is 126 Å². The number of nitrogens with zero attached hydrogens (tertiary/aromatic N) is 2. The standard InChI is InChI=1S/C28H24N2.C14H20Br2O2.Ni/c1-17-9-5-10-18(2)25(17)29-27-22-15-7-13-21-14-8-16-23(24(21)22)28(27)30-26-19(3)11-6-12-20(26)4;1-13(2,3)7-9(15)10(16)8(14(4,5)6)12(18)11(7)17;/h5-16H,1-4H3;17-18H,1-6H3;/q;;+2/p-2/b29-27-,30-28+;;. The molecule has 6 rings (SSSR count). The zero-order valence-corrected chi connectivity index (χ0v) is 33.9. The van der Waals surface area contributed by atoms with Crippen molar-refractivity contribution >= 4 is 65.4 Å². The van der Waals surface area contributed by atoms with Crippen molar-refractivity contribution in [3.63, 3.8) is 0 Å². The number of aryl methyl sites for hydroxylation is 4. The van der Waals surface area contributed by atoms with Crippen molar-refractivity contribution in [2.75, 3.05) is 0 Å². The van der Waals surface area contributed by atoms with E-state index in [-0.39, 0.29) is 27.3 Å². The van der Waals surface area contributed by atoms with E-state index in [1.54, 1.807) is 0 Å². The third kappa shape index (κ3) is 7.45. The van der Waals surface area contributed by atoms with Gasteiger partial charge >= 0.3 is 16.5 Å². The molecule has 0 aromatic heterocycles. The van der Waals surface area contributed by atoms with Crippen LogP contribution in [0.1, 0.15) is 86.1 Å². The molecular formula is C42H42Br2N2NiO2. The molecule has 5 aromatic carbocycles. The molecule has 0 atom stereocenters. The van der Waals surface area contributed by atoms with E-state index < -0.39 is 11.5 Å². The Kier molecular flexibility index (Phi) is 11.4. The number of aliphatic imine (C=N–C) groups is 2. The third-order valence-electron chi connectivity index (χ3n) is 8.76. The van der Waals surface area contributed by atoms with Gasteiger partial charge in [-0.15, -0.1) is 11.5 Å². The average molecular weight is 825 g/mol. The summed E-state index contributed by atoms with van der Waals surface area (Å²) in [5, 5.41) is 27.1. The second-order valence-corrected chi connectivity index (χ2v) is 16.2. The molecule has 0 saturated carbocycles. The first-order valence-electron chi connectivity index (χ1n) is 16.2. The van der Waals surface area contributed by atoms with E-state index >= 15 is 0 Å². The molecule has 4 nitrogen and oxygen atoms in total. The topological polar surface area (TPSA) is 70.8 Å². The van der Waals surface area contributed by atoms with Gasteiger partial charge in [0.2, 0.25) is 0 Å². The minimum atomic E-state index is -0.400. The van der Waals surface area contributed by atoms with Crippen molar-refractivity contribution < 1.29 is 26.7 Å². The Morgan fingerprint density at radius 3 is 1.12 bits per heavy atom. The maximum atomic E-state index is 12.3. The minimum absolute atomic E-state index is 0. The molecule has 0 spiro atoms. The van der Waals surface area contributed by atoms with E-state index in [1.807, 2.05) is 41.5 Å². The van der Waals surface area contributed by atoms with Gasteiger partial charge in [-0.2, -0.15) is 0 Å². The van der Waals surface area contributed by atoms with Gasteiger partial charge in [-0.05, 0) is 109 Å². The molecule has 0 N–H and O–H groups in total. The van der Waals surface area contributed by atoms with Crippen LogP contribution in [0.4, 0.5) is 11.4 Å². The quantitative estimate of drug-likeness (QED) is 0.166. The van der Waals surface area contributed by atoms with Crippen LogP contribution in [0.2, 0.25) is 0 Å². The second kappa shape index (κ2) is 14.5. The van der Waals surface area contributed by atoms with E-state index in [4.69, 9.17) is 9.98 Å². The molecule has 1 aliphatic carbocycles. The molecule has 0 radical (unpaired) electrons. The third-order valence-corrected chi connectivity index (χ3v) is 10.9. The fourth-order valence-electron chi connectivity index (χ4n) is 6.39. The van der Waals surface area contributed by atoms with Crippen molar-refractivity contribution in [2.45, 2.75) is 80.1 Å². The Bertz CT molecular complexity index is 1920. The van der Waals surface area contributed by atoms with Crippen LogP contribution in [0.15, 0.2) is 91.7 Å². The van der Waals surface area contributed by atoms with E-state index in [0.717, 1.165) is 33.9 Å². The second-order valence-electron chi connectivity index (χ2n) is 14.6. The maximum absolute atomic E-state index is 12.3. The van der Waals surface area contributed by atoms with Crippen LogP contribution in [0.5, 0.6) is 11.5 Å². The van der Waals surface area contributed by atoms with Crippen molar-refractivity contribution in [2.24, 2.45) is 9.98 Å². The molecule has 5 aromatic rings. The first kappa shape index (κ1) is 38.6. The Hall–Kier alpha value is -3.25. The summed E-state index contributed by atoms with van der Waals surface area (Å²) >= 11 is 6.92. The Balaban J connectivity index is 0.000000246. The molecule has 0 unspecified atom stereocenters. The average Bonchev–Trinajstić information content (AvgIpc) is 3.28. The first-order valence-corrected chi connectivity index (χ1v) is 17.7. The van der Waals surface area contributed by atoms with Crippen molar-refractivity contribution in [1.82, 2.24) is 0 Å². The van der Waals surface area contributed by atoms with Crippen molar-refractivity contribution in [3.8, 4) is 11.5 Å². The summed E-state index contributed by atoms with van der Waals surface area (Å²) in [6.45, 7) is 20.1. The van der Waals surface area contributed by atoms with Crippen LogP contribution in [-0.2, 0) is 27.3 Å². The van der Waals surface area contributed by atoms with Crippen LogP contribution in [0.3, 0.4) is 0 Å². The van der Waals surface area contributed by atoms with Crippen LogP contribution >= 0.6 is 31.9 Å². The van der Waals surface area contributed by atoms with E-state index in [0.29, 0.717) is 20.1 Å². The fraction of sp³-hybridized carbons (Fsp3) is 0.286. The van der Waals surface area contributed by atoms with Crippen LogP contribution < -0.4 is 10.2 Å². The van der Waals surface area contributed by atoms with Crippen LogP contribution in [-0.4, -0.2) is 11.4 Å². The molecule has 0 fully saturated rings. The predicted octanol–water partition coefficient (Wildman–Crippen LogP) is 11.3. The van der Waals surface area contributed by atoms with Crippen LogP contribution in [0, 0.1) is 27.7 Å². The number of hydrogen-bond acceptors (Lipinski definition) is 4. The number of rotatable bonds is 2. The van der Waals surface area contributed by atoms with Crippen LogP contribution in [0.25, 0.3) is 10.8 Å². The zero-order chi connectivity index (χ0) is 35.3. The maximum Gasteiger partial charge on any atom is 2.00 e. The van der Waals surface area contributed by atoms with Gasteiger partial charge in [0.05, 0.1) is 22.8 Å². The summed E-state index contributed by atoms with van der Waals surface area (Å²) in [5.41, 5.74) is 11.4. The summed E-state index contributed by atoms with van der Waals surface area (Å²) in [6, 6.07) is 25.6. The molecule has 0 saturated heterocycles. The Labute approximate surface area is 318 Å². The number of benzene rings is 5. The predicted molar refractivity (Wildman–Crippen MR) is 206 cm³/mol. The molecule has 1 aliphatic rings. The fourth-order valence-corrected chi connectivity index (χ4v) is 8.34. The van der Waals surface area contributed by atoms with Gasteiger partial charge in [-0.3, -0.25) is 0 Å².